The monoisotopic (exact) mass is 549 g/mol. The van der Waals surface area contributed by atoms with Crippen LogP contribution in [0.5, 0.6) is 0 Å². The highest BCUT2D eigenvalue weighted by Crippen LogP contribution is 2.38. The van der Waals surface area contributed by atoms with Gasteiger partial charge >= 0.3 is 6.18 Å². The van der Waals surface area contributed by atoms with Gasteiger partial charge in [0, 0.05) is 56.7 Å². The van der Waals surface area contributed by atoms with Gasteiger partial charge < -0.3 is 14.7 Å². The number of hydrogen-bond donors (Lipinski definition) is 1. The SMILES string of the molecule is CCC1COCCN1C[C@H]1CN(S(=O)(=O)c2cccs2)CCN1c1ncc(C(C)(O)C(F)(F)F)cn1. The Kier molecular flexibility index (Phi) is 7.93. The minimum atomic E-state index is -4.88. The summed E-state index contributed by atoms with van der Waals surface area (Å²) in [4.78, 5) is 12.4. The van der Waals surface area contributed by atoms with Crippen LogP contribution in [-0.4, -0.2) is 96.9 Å². The Bertz CT molecular complexity index is 1110. The van der Waals surface area contributed by atoms with Crippen LogP contribution in [0.2, 0.25) is 0 Å². The summed E-state index contributed by atoms with van der Waals surface area (Å²) in [5.74, 6) is 0.191. The molecule has 9 nitrogen and oxygen atoms in total. The zero-order valence-electron chi connectivity index (χ0n) is 20.1. The van der Waals surface area contributed by atoms with Crippen LogP contribution < -0.4 is 4.90 Å². The number of hydrogen-bond acceptors (Lipinski definition) is 9. The van der Waals surface area contributed by atoms with E-state index in [0.717, 1.165) is 30.2 Å². The Morgan fingerprint density at radius 2 is 1.92 bits per heavy atom. The predicted molar refractivity (Wildman–Crippen MR) is 128 cm³/mol. The first-order valence-corrected chi connectivity index (χ1v) is 14.0. The molecule has 4 rings (SSSR count). The lowest BCUT2D eigenvalue weighted by Crippen LogP contribution is -2.60. The lowest BCUT2D eigenvalue weighted by molar-refractivity contribution is -0.259. The van der Waals surface area contributed by atoms with Crippen LogP contribution in [0.25, 0.3) is 0 Å². The summed E-state index contributed by atoms with van der Waals surface area (Å²) in [6.07, 6.45) is -2.06. The van der Waals surface area contributed by atoms with Crippen molar-refractivity contribution in [2.75, 3.05) is 50.8 Å². The maximum absolute atomic E-state index is 13.2. The molecular formula is C22H30F3N5O4S2. The molecule has 200 valence electrons. The molecule has 36 heavy (non-hydrogen) atoms. The molecule has 0 radical (unpaired) electrons. The van der Waals surface area contributed by atoms with Crippen molar-refractivity contribution in [3.63, 3.8) is 0 Å². The molecule has 2 aromatic heterocycles. The highest BCUT2D eigenvalue weighted by molar-refractivity contribution is 7.91. The second-order valence-corrected chi connectivity index (χ2v) is 12.2. The molecule has 2 unspecified atom stereocenters. The summed E-state index contributed by atoms with van der Waals surface area (Å²) < 4.78 is 73.5. The Hall–Kier alpha value is -1.84. The quantitative estimate of drug-likeness (QED) is 0.562. The van der Waals surface area contributed by atoms with Crippen LogP contribution >= 0.6 is 11.3 Å². The molecule has 2 aliphatic heterocycles. The van der Waals surface area contributed by atoms with Gasteiger partial charge in [0.05, 0.1) is 19.3 Å². The Balaban J connectivity index is 1.61. The number of halogens is 3. The van der Waals surface area contributed by atoms with Gasteiger partial charge in [-0.25, -0.2) is 18.4 Å². The number of rotatable bonds is 7. The molecule has 2 saturated heterocycles. The number of anilines is 1. The average Bonchev–Trinajstić information content (AvgIpc) is 3.40. The first-order chi connectivity index (χ1) is 16.9. The summed E-state index contributed by atoms with van der Waals surface area (Å²) in [7, 11) is -3.68. The number of alkyl halides is 3. The largest absolute Gasteiger partial charge is 0.421 e. The molecule has 0 aliphatic carbocycles. The number of aromatic nitrogens is 2. The van der Waals surface area contributed by atoms with Gasteiger partial charge in [0.25, 0.3) is 10.0 Å². The van der Waals surface area contributed by atoms with Crippen molar-refractivity contribution in [3.8, 4) is 0 Å². The molecule has 2 aromatic rings. The van der Waals surface area contributed by atoms with Crippen LogP contribution in [0.4, 0.5) is 19.1 Å². The summed E-state index contributed by atoms with van der Waals surface area (Å²) in [5.41, 5.74) is -3.55. The predicted octanol–water partition coefficient (Wildman–Crippen LogP) is 2.30. The lowest BCUT2D eigenvalue weighted by Gasteiger charge is -2.45. The van der Waals surface area contributed by atoms with E-state index < -0.39 is 27.4 Å². The van der Waals surface area contributed by atoms with Gasteiger partial charge in [-0.2, -0.15) is 17.5 Å². The van der Waals surface area contributed by atoms with Gasteiger partial charge in [-0.15, -0.1) is 11.3 Å². The molecule has 3 atom stereocenters. The van der Waals surface area contributed by atoms with Crippen LogP contribution in [-0.2, 0) is 20.4 Å². The maximum Gasteiger partial charge on any atom is 0.421 e. The first kappa shape index (κ1) is 27.2. The summed E-state index contributed by atoms with van der Waals surface area (Å²) in [5, 5.41) is 11.7. The van der Waals surface area contributed by atoms with Gasteiger partial charge in [-0.3, -0.25) is 4.90 Å². The maximum atomic E-state index is 13.2. The third kappa shape index (κ3) is 5.38. The average molecular weight is 550 g/mol. The van der Waals surface area contributed by atoms with Crippen molar-refractivity contribution in [1.29, 1.82) is 0 Å². The van der Waals surface area contributed by atoms with E-state index in [0.29, 0.717) is 33.2 Å². The fraction of sp³-hybridized carbons (Fsp3) is 0.636. The Morgan fingerprint density at radius 3 is 2.53 bits per heavy atom. The van der Waals surface area contributed by atoms with Gasteiger partial charge in [0.1, 0.15) is 4.21 Å². The van der Waals surface area contributed by atoms with Crippen LogP contribution in [0.3, 0.4) is 0 Å². The minimum Gasteiger partial charge on any atom is -0.378 e. The standard InChI is InChI=1S/C22H30F3N5O4S2/c1-3-17-15-34-9-8-28(17)13-18-14-29(36(32,33)19-5-4-10-35-19)6-7-30(18)20-26-11-16(12-27-20)21(2,31)22(23,24)25/h4-5,10-12,17-18,31H,3,6-9,13-15H2,1-2H3/t17?,18-,21?/m0/s1. The number of thiophene rings is 1. The molecule has 1 N–H and O–H groups in total. The number of nitrogens with zero attached hydrogens (tertiary/aromatic N) is 5. The number of morpholine rings is 1. The third-order valence-corrected chi connectivity index (χ3v) is 10.0. The van der Waals surface area contributed by atoms with E-state index in [1.165, 1.54) is 4.31 Å². The fourth-order valence-corrected chi connectivity index (χ4v) is 7.08. The van der Waals surface area contributed by atoms with E-state index in [1.807, 2.05) is 4.90 Å². The van der Waals surface area contributed by atoms with Crippen molar-refractivity contribution in [2.45, 2.75) is 48.3 Å². The molecular weight excluding hydrogens is 519 g/mol. The van der Waals surface area contributed by atoms with Crippen LogP contribution in [0.1, 0.15) is 25.8 Å². The second-order valence-electron chi connectivity index (χ2n) is 9.12. The highest BCUT2D eigenvalue weighted by Gasteiger charge is 2.51. The van der Waals surface area contributed by atoms with Crippen molar-refractivity contribution < 1.29 is 31.4 Å². The van der Waals surface area contributed by atoms with Gasteiger partial charge in [-0.1, -0.05) is 13.0 Å². The van der Waals surface area contributed by atoms with E-state index in [-0.39, 0.29) is 41.9 Å². The normalized spacial score (nSPS) is 24.6. The van der Waals surface area contributed by atoms with Gasteiger partial charge in [0.2, 0.25) is 5.95 Å². The highest BCUT2D eigenvalue weighted by atomic mass is 32.2. The van der Waals surface area contributed by atoms with Crippen LogP contribution in [0, 0.1) is 0 Å². The zero-order valence-corrected chi connectivity index (χ0v) is 21.7. The number of piperazine rings is 1. The Labute approximate surface area is 212 Å². The molecule has 4 heterocycles. The van der Waals surface area contributed by atoms with E-state index in [2.05, 4.69) is 21.8 Å². The second kappa shape index (κ2) is 10.5. The molecule has 0 amide bonds. The molecule has 0 saturated carbocycles. The molecule has 0 aromatic carbocycles. The number of ether oxygens (including phenoxy) is 1. The number of sulfonamides is 1. The van der Waals surface area contributed by atoms with Crippen molar-refractivity contribution in [3.05, 3.63) is 35.5 Å². The summed E-state index contributed by atoms with van der Waals surface area (Å²) in [6.45, 7) is 5.71. The lowest BCUT2D eigenvalue weighted by atomic mass is 9.99. The Morgan fingerprint density at radius 1 is 1.19 bits per heavy atom. The summed E-state index contributed by atoms with van der Waals surface area (Å²) >= 11 is 1.16. The zero-order chi connectivity index (χ0) is 26.1. The first-order valence-electron chi connectivity index (χ1n) is 11.7. The van der Waals surface area contributed by atoms with E-state index in [9.17, 15) is 26.7 Å². The topological polar surface area (TPSA) is 99.1 Å². The van der Waals surface area contributed by atoms with E-state index >= 15 is 0 Å². The smallest absolute Gasteiger partial charge is 0.378 e. The van der Waals surface area contributed by atoms with Crippen molar-refractivity contribution in [1.82, 2.24) is 19.2 Å². The van der Waals surface area contributed by atoms with Crippen LogP contribution in [0.15, 0.2) is 34.1 Å². The molecule has 0 bridgehead atoms. The van der Waals surface area contributed by atoms with Crippen molar-refractivity contribution in [2.24, 2.45) is 0 Å². The van der Waals surface area contributed by atoms with Crippen molar-refractivity contribution >= 4 is 27.3 Å². The molecule has 2 fully saturated rings. The van der Waals surface area contributed by atoms with Gasteiger partial charge in [-0.05, 0) is 24.8 Å². The third-order valence-electron chi connectivity index (χ3n) is 6.81. The minimum absolute atomic E-state index is 0.176. The van der Waals surface area contributed by atoms with E-state index in [4.69, 9.17) is 4.74 Å². The van der Waals surface area contributed by atoms with E-state index in [1.54, 1.807) is 17.5 Å². The fourth-order valence-electron chi connectivity index (χ4n) is 4.46. The summed E-state index contributed by atoms with van der Waals surface area (Å²) in [6, 6.07) is 3.10. The molecule has 14 heteroatoms. The molecule has 0 spiro atoms. The molecule has 2 aliphatic rings. The number of aliphatic hydroxyl groups is 1. The van der Waals surface area contributed by atoms with Gasteiger partial charge in [0.15, 0.2) is 5.60 Å².